The molecule has 1 unspecified atom stereocenters. The topological polar surface area (TPSA) is 50.4 Å². The van der Waals surface area contributed by atoms with Gasteiger partial charge in [-0.15, -0.1) is 0 Å². The van der Waals surface area contributed by atoms with E-state index in [0.29, 0.717) is 0 Å². The van der Waals surface area contributed by atoms with E-state index < -0.39 is 0 Å². The van der Waals surface area contributed by atoms with E-state index in [1.165, 1.54) is 0 Å². The van der Waals surface area contributed by atoms with E-state index in [-0.39, 0.29) is 17.5 Å². The second kappa shape index (κ2) is 6.64. The molecule has 0 aromatic heterocycles. The molecule has 0 aliphatic heterocycles. The van der Waals surface area contributed by atoms with Crippen molar-refractivity contribution in [2.75, 3.05) is 12.4 Å². The maximum atomic E-state index is 12.2. The van der Waals surface area contributed by atoms with Crippen LogP contribution in [0, 0.1) is 6.92 Å². The standard InChI is InChI=1S/C16H26N2O2/c1-7-16(4,5)18-15(19)12(3)17-14-9-8-13(20-6)10-11(14)2/h8-10,12,17H,7H2,1-6H3,(H,18,19). The van der Waals surface area contributed by atoms with Gasteiger partial charge in [0.1, 0.15) is 11.8 Å². The van der Waals surface area contributed by atoms with Crippen molar-refractivity contribution in [1.29, 1.82) is 0 Å². The van der Waals surface area contributed by atoms with Gasteiger partial charge in [-0.1, -0.05) is 6.92 Å². The lowest BCUT2D eigenvalue weighted by Crippen LogP contribution is -2.48. The number of amides is 1. The number of methoxy groups -OCH3 is 1. The highest BCUT2D eigenvalue weighted by Gasteiger charge is 2.21. The maximum absolute atomic E-state index is 12.2. The van der Waals surface area contributed by atoms with Crippen molar-refractivity contribution in [2.24, 2.45) is 0 Å². The first-order valence-electron chi connectivity index (χ1n) is 7.02. The number of rotatable bonds is 6. The van der Waals surface area contributed by atoms with Crippen LogP contribution in [0.2, 0.25) is 0 Å². The fraction of sp³-hybridized carbons (Fsp3) is 0.562. The maximum Gasteiger partial charge on any atom is 0.242 e. The molecule has 0 saturated heterocycles. The van der Waals surface area contributed by atoms with Gasteiger partial charge in [-0.25, -0.2) is 0 Å². The van der Waals surface area contributed by atoms with Crippen LogP contribution in [0.4, 0.5) is 5.69 Å². The van der Waals surface area contributed by atoms with E-state index in [9.17, 15) is 4.79 Å². The molecule has 0 spiro atoms. The second-order valence-corrected chi connectivity index (χ2v) is 5.77. The monoisotopic (exact) mass is 278 g/mol. The van der Waals surface area contributed by atoms with Gasteiger partial charge in [0.25, 0.3) is 0 Å². The molecule has 1 atom stereocenters. The van der Waals surface area contributed by atoms with Gasteiger partial charge in [0, 0.05) is 11.2 Å². The van der Waals surface area contributed by atoms with Crippen LogP contribution in [0.3, 0.4) is 0 Å². The Morgan fingerprint density at radius 3 is 2.55 bits per heavy atom. The molecule has 1 rings (SSSR count). The average molecular weight is 278 g/mol. The first-order chi connectivity index (χ1) is 9.29. The minimum Gasteiger partial charge on any atom is -0.497 e. The smallest absolute Gasteiger partial charge is 0.242 e. The molecular weight excluding hydrogens is 252 g/mol. The number of hydrogen-bond acceptors (Lipinski definition) is 3. The molecule has 4 nitrogen and oxygen atoms in total. The molecule has 0 fully saturated rings. The van der Waals surface area contributed by atoms with Crippen LogP contribution < -0.4 is 15.4 Å². The van der Waals surface area contributed by atoms with Gasteiger partial charge in [-0.2, -0.15) is 0 Å². The zero-order chi connectivity index (χ0) is 15.3. The Morgan fingerprint density at radius 1 is 1.40 bits per heavy atom. The number of carbonyl (C=O) groups excluding carboxylic acids is 1. The van der Waals surface area contributed by atoms with Crippen molar-refractivity contribution < 1.29 is 9.53 Å². The number of hydrogen-bond donors (Lipinski definition) is 2. The van der Waals surface area contributed by atoms with Crippen molar-refractivity contribution in [3.63, 3.8) is 0 Å². The normalized spacial score (nSPS) is 12.7. The zero-order valence-electron chi connectivity index (χ0n) is 13.3. The minimum absolute atomic E-state index is 0.00654. The first kappa shape index (κ1) is 16.3. The number of aryl methyl sites for hydroxylation is 1. The molecule has 4 heteroatoms. The predicted octanol–water partition coefficient (Wildman–Crippen LogP) is 3.11. The van der Waals surface area contributed by atoms with Crippen molar-refractivity contribution in [2.45, 2.75) is 52.6 Å². The SMILES string of the molecule is CCC(C)(C)NC(=O)C(C)Nc1ccc(OC)cc1C. The largest absolute Gasteiger partial charge is 0.497 e. The molecule has 0 aliphatic carbocycles. The Bertz CT molecular complexity index is 470. The van der Waals surface area contributed by atoms with E-state index in [4.69, 9.17) is 4.74 Å². The third-order valence-corrected chi connectivity index (χ3v) is 3.54. The van der Waals surface area contributed by atoms with Gasteiger partial charge in [0.2, 0.25) is 5.91 Å². The Kier molecular flexibility index (Phi) is 5.43. The molecule has 0 bridgehead atoms. The second-order valence-electron chi connectivity index (χ2n) is 5.77. The molecule has 1 amide bonds. The van der Waals surface area contributed by atoms with Gasteiger partial charge < -0.3 is 15.4 Å². The van der Waals surface area contributed by atoms with Crippen LogP contribution >= 0.6 is 0 Å². The highest BCUT2D eigenvalue weighted by molar-refractivity contribution is 5.85. The van der Waals surface area contributed by atoms with Gasteiger partial charge in [0.15, 0.2) is 0 Å². The van der Waals surface area contributed by atoms with Crippen LogP contribution in [-0.2, 0) is 4.79 Å². The molecule has 20 heavy (non-hydrogen) atoms. The fourth-order valence-corrected chi connectivity index (χ4v) is 1.75. The molecule has 0 aliphatic rings. The molecular formula is C16H26N2O2. The van der Waals surface area contributed by atoms with Crippen molar-refractivity contribution in [3.8, 4) is 5.75 Å². The fourth-order valence-electron chi connectivity index (χ4n) is 1.75. The number of nitrogens with one attached hydrogen (secondary N) is 2. The Labute approximate surface area is 121 Å². The molecule has 0 heterocycles. The highest BCUT2D eigenvalue weighted by Crippen LogP contribution is 2.21. The van der Waals surface area contributed by atoms with E-state index in [1.54, 1.807) is 7.11 Å². The summed E-state index contributed by atoms with van der Waals surface area (Å²) in [7, 11) is 1.64. The Hall–Kier alpha value is -1.71. The Balaban J connectivity index is 2.71. The van der Waals surface area contributed by atoms with E-state index in [1.807, 2.05) is 45.9 Å². The van der Waals surface area contributed by atoms with Gasteiger partial charge in [-0.05, 0) is 57.9 Å². The van der Waals surface area contributed by atoms with Crippen LogP contribution in [-0.4, -0.2) is 24.6 Å². The lowest BCUT2D eigenvalue weighted by molar-refractivity contribution is -0.123. The summed E-state index contributed by atoms with van der Waals surface area (Å²) in [6, 6.07) is 5.48. The van der Waals surface area contributed by atoms with Crippen LogP contribution in [0.25, 0.3) is 0 Å². The van der Waals surface area contributed by atoms with E-state index >= 15 is 0 Å². The predicted molar refractivity (Wildman–Crippen MR) is 83.3 cm³/mol. The third-order valence-electron chi connectivity index (χ3n) is 3.54. The van der Waals surface area contributed by atoms with Gasteiger partial charge in [-0.3, -0.25) is 4.79 Å². The van der Waals surface area contributed by atoms with Crippen molar-refractivity contribution in [1.82, 2.24) is 5.32 Å². The van der Waals surface area contributed by atoms with Crippen LogP contribution in [0.5, 0.6) is 5.75 Å². The molecule has 1 aromatic carbocycles. The molecule has 112 valence electrons. The number of carbonyl (C=O) groups is 1. The number of anilines is 1. The van der Waals surface area contributed by atoms with E-state index in [0.717, 1.165) is 23.4 Å². The summed E-state index contributed by atoms with van der Waals surface area (Å²) in [6.07, 6.45) is 0.896. The summed E-state index contributed by atoms with van der Waals surface area (Å²) in [5, 5.41) is 6.28. The lowest BCUT2D eigenvalue weighted by atomic mass is 10.0. The van der Waals surface area contributed by atoms with E-state index in [2.05, 4.69) is 17.6 Å². The van der Waals surface area contributed by atoms with Crippen LogP contribution in [0.15, 0.2) is 18.2 Å². The summed E-state index contributed by atoms with van der Waals surface area (Å²) < 4.78 is 5.18. The van der Waals surface area contributed by atoms with Crippen molar-refractivity contribution >= 4 is 11.6 Å². The molecule has 0 radical (unpaired) electrons. The summed E-state index contributed by atoms with van der Waals surface area (Å²) >= 11 is 0. The summed E-state index contributed by atoms with van der Waals surface area (Å²) in [5.41, 5.74) is 1.82. The van der Waals surface area contributed by atoms with Crippen LogP contribution in [0.1, 0.15) is 39.7 Å². The Morgan fingerprint density at radius 2 is 2.05 bits per heavy atom. The van der Waals surface area contributed by atoms with Gasteiger partial charge >= 0.3 is 0 Å². The zero-order valence-corrected chi connectivity index (χ0v) is 13.3. The number of ether oxygens (including phenoxy) is 1. The third kappa shape index (κ3) is 4.44. The number of benzene rings is 1. The quantitative estimate of drug-likeness (QED) is 0.840. The molecule has 1 aromatic rings. The lowest BCUT2D eigenvalue weighted by Gasteiger charge is -2.27. The highest BCUT2D eigenvalue weighted by atomic mass is 16.5. The molecule has 2 N–H and O–H groups in total. The first-order valence-corrected chi connectivity index (χ1v) is 7.02. The molecule has 0 saturated carbocycles. The summed E-state index contributed by atoms with van der Waals surface area (Å²) in [6.45, 7) is 9.97. The summed E-state index contributed by atoms with van der Waals surface area (Å²) in [5.74, 6) is 0.823. The van der Waals surface area contributed by atoms with Crippen molar-refractivity contribution in [3.05, 3.63) is 23.8 Å². The minimum atomic E-state index is -0.284. The summed E-state index contributed by atoms with van der Waals surface area (Å²) in [4.78, 5) is 12.2. The van der Waals surface area contributed by atoms with Gasteiger partial charge in [0.05, 0.1) is 7.11 Å². The average Bonchev–Trinajstić information content (AvgIpc) is 2.40.